The minimum absolute atomic E-state index is 0.167. The Kier molecular flexibility index (Phi) is 5.06. The molecule has 0 unspecified atom stereocenters. The van der Waals surface area contributed by atoms with Crippen molar-refractivity contribution in [3.63, 3.8) is 0 Å². The van der Waals surface area contributed by atoms with E-state index in [0.717, 1.165) is 41.4 Å². The number of aromatic nitrogens is 3. The first-order chi connectivity index (χ1) is 12.3. The molecule has 2 aromatic rings. The lowest BCUT2D eigenvalue weighted by molar-refractivity contribution is -0.123. The van der Waals surface area contributed by atoms with Gasteiger partial charge in [0.2, 0.25) is 11.0 Å². The van der Waals surface area contributed by atoms with Gasteiger partial charge in [0.15, 0.2) is 5.01 Å². The van der Waals surface area contributed by atoms with Gasteiger partial charge in [-0.3, -0.25) is 14.7 Å². The second kappa shape index (κ2) is 7.60. The second-order valence-electron chi connectivity index (χ2n) is 7.11. The fourth-order valence-electron chi connectivity index (χ4n) is 4.06. The van der Waals surface area contributed by atoms with Crippen molar-refractivity contribution in [2.45, 2.75) is 63.8 Å². The van der Waals surface area contributed by atoms with E-state index in [4.69, 9.17) is 0 Å². The van der Waals surface area contributed by atoms with Crippen LogP contribution in [0.25, 0.3) is 10.6 Å². The molecule has 132 valence electrons. The van der Waals surface area contributed by atoms with E-state index in [1.807, 2.05) is 17.0 Å². The van der Waals surface area contributed by atoms with Gasteiger partial charge in [-0.25, -0.2) is 0 Å². The molecule has 1 amide bonds. The molecule has 0 radical (unpaired) electrons. The van der Waals surface area contributed by atoms with Crippen LogP contribution in [0.2, 0.25) is 0 Å². The molecule has 0 bridgehead atoms. The van der Waals surface area contributed by atoms with E-state index in [2.05, 4.69) is 15.2 Å². The first-order valence-corrected chi connectivity index (χ1v) is 10.2. The van der Waals surface area contributed by atoms with Gasteiger partial charge in [0, 0.05) is 29.9 Å². The molecular weight excluding hydrogens is 332 g/mol. The summed E-state index contributed by atoms with van der Waals surface area (Å²) in [5.41, 5.74) is 0.961. The molecule has 5 nitrogen and oxygen atoms in total. The van der Waals surface area contributed by atoms with Crippen molar-refractivity contribution >= 4 is 22.4 Å². The van der Waals surface area contributed by atoms with Crippen LogP contribution in [-0.4, -0.2) is 27.1 Å². The Hall–Kier alpha value is -1.82. The summed E-state index contributed by atoms with van der Waals surface area (Å²) in [6.07, 6.45) is 13.8. The summed E-state index contributed by atoms with van der Waals surface area (Å²) in [4.78, 5) is 19.4. The van der Waals surface area contributed by atoms with Crippen LogP contribution in [-0.2, 0) is 4.79 Å². The molecule has 0 saturated heterocycles. The van der Waals surface area contributed by atoms with Crippen LogP contribution in [0.1, 0.15) is 57.8 Å². The third kappa shape index (κ3) is 3.59. The number of anilines is 1. The molecule has 0 atom stereocenters. The second-order valence-corrected chi connectivity index (χ2v) is 8.07. The van der Waals surface area contributed by atoms with Gasteiger partial charge >= 0.3 is 0 Å². The lowest BCUT2D eigenvalue weighted by Crippen LogP contribution is -2.43. The van der Waals surface area contributed by atoms with Crippen LogP contribution in [0.4, 0.5) is 5.13 Å². The van der Waals surface area contributed by atoms with Crippen LogP contribution in [0.15, 0.2) is 24.5 Å². The third-order valence-corrected chi connectivity index (χ3v) is 6.38. The Bertz CT molecular complexity index is 705. The van der Waals surface area contributed by atoms with Crippen molar-refractivity contribution in [1.29, 1.82) is 0 Å². The van der Waals surface area contributed by atoms with Crippen LogP contribution in [0.3, 0.4) is 0 Å². The predicted molar refractivity (Wildman–Crippen MR) is 99.5 cm³/mol. The van der Waals surface area contributed by atoms with Crippen LogP contribution < -0.4 is 4.90 Å². The van der Waals surface area contributed by atoms with E-state index >= 15 is 0 Å². The normalized spacial score (nSPS) is 19.2. The summed E-state index contributed by atoms with van der Waals surface area (Å²) in [5, 5.41) is 10.3. The standard InChI is InChI=1S/C19H24N4OS/c24-18(14-7-2-1-3-8-14)23(16-10-4-5-11-16)19-22-21-17(25-19)15-9-6-12-20-13-15/h6,9,12-14,16H,1-5,7-8,10-11H2. The highest BCUT2D eigenvalue weighted by Crippen LogP contribution is 2.36. The predicted octanol–water partition coefficient (Wildman–Crippen LogP) is 4.46. The molecule has 2 fully saturated rings. The molecule has 0 aromatic carbocycles. The molecule has 0 N–H and O–H groups in total. The molecule has 25 heavy (non-hydrogen) atoms. The van der Waals surface area contributed by atoms with Crippen molar-refractivity contribution in [1.82, 2.24) is 15.2 Å². The van der Waals surface area contributed by atoms with Crippen molar-refractivity contribution in [2.24, 2.45) is 5.92 Å². The van der Waals surface area contributed by atoms with E-state index in [0.29, 0.717) is 6.04 Å². The summed E-state index contributed by atoms with van der Waals surface area (Å²) in [6, 6.07) is 4.18. The van der Waals surface area contributed by atoms with Gasteiger partial charge in [-0.2, -0.15) is 0 Å². The molecule has 0 aliphatic heterocycles. The smallest absolute Gasteiger partial charge is 0.232 e. The van der Waals surface area contributed by atoms with E-state index in [-0.39, 0.29) is 11.8 Å². The molecule has 2 aromatic heterocycles. The Labute approximate surface area is 152 Å². The minimum Gasteiger partial charge on any atom is -0.283 e. The maximum Gasteiger partial charge on any atom is 0.232 e. The van der Waals surface area contributed by atoms with Crippen molar-refractivity contribution in [2.75, 3.05) is 4.90 Å². The zero-order valence-corrected chi connectivity index (χ0v) is 15.2. The molecule has 2 aliphatic carbocycles. The summed E-state index contributed by atoms with van der Waals surface area (Å²) in [5.74, 6) is 0.445. The highest BCUT2D eigenvalue weighted by atomic mass is 32.1. The molecule has 0 spiro atoms. The summed E-state index contributed by atoms with van der Waals surface area (Å²) in [7, 11) is 0. The number of hydrogen-bond acceptors (Lipinski definition) is 5. The average Bonchev–Trinajstić information content (AvgIpc) is 3.36. The van der Waals surface area contributed by atoms with E-state index in [1.54, 1.807) is 12.4 Å². The van der Waals surface area contributed by atoms with Gasteiger partial charge < -0.3 is 0 Å². The highest BCUT2D eigenvalue weighted by Gasteiger charge is 2.35. The SMILES string of the molecule is O=C(C1CCCCC1)N(c1nnc(-c2cccnc2)s1)C1CCCC1. The maximum atomic E-state index is 13.3. The van der Waals surface area contributed by atoms with Gasteiger partial charge in [0.25, 0.3) is 0 Å². The Morgan fingerprint density at radius 2 is 1.80 bits per heavy atom. The molecule has 2 heterocycles. The van der Waals surface area contributed by atoms with Gasteiger partial charge in [-0.15, -0.1) is 10.2 Å². The minimum atomic E-state index is 0.167. The van der Waals surface area contributed by atoms with Crippen LogP contribution >= 0.6 is 11.3 Å². The lowest BCUT2D eigenvalue weighted by Gasteiger charge is -2.31. The third-order valence-electron chi connectivity index (χ3n) is 5.41. The number of carbonyl (C=O) groups excluding carboxylic acids is 1. The zero-order chi connectivity index (χ0) is 17.1. The fourth-order valence-corrected chi connectivity index (χ4v) is 4.97. The topological polar surface area (TPSA) is 59.0 Å². The van der Waals surface area contributed by atoms with E-state index in [9.17, 15) is 4.79 Å². The number of hydrogen-bond donors (Lipinski definition) is 0. The van der Waals surface area contributed by atoms with Gasteiger partial charge in [0.05, 0.1) is 0 Å². The number of nitrogens with zero attached hydrogens (tertiary/aromatic N) is 4. The fraction of sp³-hybridized carbons (Fsp3) is 0.579. The van der Waals surface area contributed by atoms with E-state index < -0.39 is 0 Å². The van der Waals surface area contributed by atoms with Crippen LogP contribution in [0, 0.1) is 5.92 Å². The monoisotopic (exact) mass is 356 g/mol. The average molecular weight is 356 g/mol. The Morgan fingerprint density at radius 1 is 1.04 bits per heavy atom. The number of amides is 1. The largest absolute Gasteiger partial charge is 0.283 e. The zero-order valence-electron chi connectivity index (χ0n) is 14.4. The molecule has 2 saturated carbocycles. The van der Waals surface area contributed by atoms with Crippen molar-refractivity contribution in [3.05, 3.63) is 24.5 Å². The van der Waals surface area contributed by atoms with Crippen molar-refractivity contribution in [3.8, 4) is 10.6 Å². The Balaban J connectivity index is 1.61. The molecule has 2 aliphatic rings. The van der Waals surface area contributed by atoms with E-state index in [1.165, 1.54) is 43.4 Å². The first kappa shape index (κ1) is 16.6. The van der Waals surface area contributed by atoms with Gasteiger partial charge in [-0.1, -0.05) is 43.4 Å². The quantitative estimate of drug-likeness (QED) is 0.812. The summed E-state index contributed by atoms with van der Waals surface area (Å²) < 4.78 is 0. The summed E-state index contributed by atoms with van der Waals surface area (Å²) >= 11 is 1.52. The lowest BCUT2D eigenvalue weighted by atomic mass is 9.88. The van der Waals surface area contributed by atoms with Crippen LogP contribution in [0.5, 0.6) is 0 Å². The van der Waals surface area contributed by atoms with Gasteiger partial charge in [0.1, 0.15) is 0 Å². The maximum absolute atomic E-state index is 13.3. The molecule has 6 heteroatoms. The number of pyridine rings is 1. The first-order valence-electron chi connectivity index (χ1n) is 9.40. The highest BCUT2D eigenvalue weighted by molar-refractivity contribution is 7.18. The van der Waals surface area contributed by atoms with Gasteiger partial charge in [-0.05, 0) is 37.8 Å². The number of carbonyl (C=O) groups is 1. The molecule has 4 rings (SSSR count). The van der Waals surface area contributed by atoms with Crippen molar-refractivity contribution < 1.29 is 4.79 Å². The molecular formula is C19H24N4OS. The Morgan fingerprint density at radius 3 is 2.52 bits per heavy atom. The number of rotatable bonds is 4. The summed E-state index contributed by atoms with van der Waals surface area (Å²) in [6.45, 7) is 0.